The fourth-order valence-corrected chi connectivity index (χ4v) is 2.24. The van der Waals surface area contributed by atoms with Crippen LogP contribution in [0.1, 0.15) is 46.0 Å². The van der Waals surface area contributed by atoms with Gasteiger partial charge in [0.05, 0.1) is 6.04 Å². The van der Waals surface area contributed by atoms with E-state index in [2.05, 4.69) is 24.6 Å². The van der Waals surface area contributed by atoms with Crippen LogP contribution in [0.15, 0.2) is 4.99 Å². The highest BCUT2D eigenvalue weighted by Crippen LogP contribution is 2.39. The van der Waals surface area contributed by atoms with E-state index in [-0.39, 0.29) is 0 Å². The fraction of sp³-hybridized carbons (Fsp3) is 0.909. The predicted octanol–water partition coefficient (Wildman–Crippen LogP) is 1.14. The molecule has 2 rings (SSSR count). The predicted molar refractivity (Wildman–Crippen MR) is 62.3 cm³/mol. The summed E-state index contributed by atoms with van der Waals surface area (Å²) >= 11 is 0. The van der Waals surface area contributed by atoms with Gasteiger partial charge in [-0.1, -0.05) is 20.3 Å². The molecule has 15 heavy (non-hydrogen) atoms. The zero-order valence-electron chi connectivity index (χ0n) is 9.71. The van der Waals surface area contributed by atoms with Crippen molar-refractivity contribution in [3.8, 4) is 0 Å². The number of hydrogen-bond donors (Lipinski definition) is 3. The molecule has 0 aromatic carbocycles. The van der Waals surface area contributed by atoms with Crippen molar-refractivity contribution in [1.82, 2.24) is 10.7 Å². The number of hydrazine groups is 1. The van der Waals surface area contributed by atoms with Gasteiger partial charge in [0.1, 0.15) is 0 Å². The topological polar surface area (TPSA) is 62.4 Å². The molecular formula is C11H22N4. The van der Waals surface area contributed by atoms with Crippen LogP contribution < -0.4 is 16.6 Å². The molecule has 0 radical (unpaired) electrons. The van der Waals surface area contributed by atoms with Gasteiger partial charge in [0.25, 0.3) is 0 Å². The maximum Gasteiger partial charge on any atom is 0.206 e. The van der Waals surface area contributed by atoms with Gasteiger partial charge in [-0.3, -0.25) is 5.43 Å². The lowest BCUT2D eigenvalue weighted by Gasteiger charge is -2.24. The van der Waals surface area contributed by atoms with Gasteiger partial charge in [-0.05, 0) is 31.1 Å². The van der Waals surface area contributed by atoms with E-state index in [0.717, 1.165) is 5.96 Å². The molecule has 0 aromatic heterocycles. The summed E-state index contributed by atoms with van der Waals surface area (Å²) in [7, 11) is 0. The van der Waals surface area contributed by atoms with Gasteiger partial charge < -0.3 is 5.32 Å². The molecule has 86 valence electrons. The molecule has 0 aliphatic heterocycles. The zero-order valence-corrected chi connectivity index (χ0v) is 9.71. The number of aliphatic imine (C=N–C) groups is 1. The van der Waals surface area contributed by atoms with Crippen molar-refractivity contribution in [3.05, 3.63) is 0 Å². The first-order chi connectivity index (χ1) is 7.12. The summed E-state index contributed by atoms with van der Waals surface area (Å²) in [6.45, 7) is 4.58. The van der Waals surface area contributed by atoms with Gasteiger partial charge in [0.15, 0.2) is 0 Å². The molecule has 2 aliphatic carbocycles. The Morgan fingerprint density at radius 3 is 2.53 bits per heavy atom. The molecule has 0 aromatic rings. The number of nitrogens with one attached hydrogen (secondary N) is 2. The van der Waals surface area contributed by atoms with Crippen molar-refractivity contribution in [3.63, 3.8) is 0 Å². The third-order valence-electron chi connectivity index (χ3n) is 3.54. The van der Waals surface area contributed by atoms with Crippen LogP contribution in [0.3, 0.4) is 0 Å². The van der Waals surface area contributed by atoms with Crippen LogP contribution in [-0.4, -0.2) is 18.0 Å². The highest BCUT2D eigenvalue weighted by Gasteiger charge is 2.34. The number of nitrogens with zero attached hydrogens (tertiary/aromatic N) is 1. The number of rotatable bonds is 2. The molecule has 0 amide bonds. The first-order valence-corrected chi connectivity index (χ1v) is 5.93. The van der Waals surface area contributed by atoms with Crippen LogP contribution in [0.25, 0.3) is 0 Å². The van der Waals surface area contributed by atoms with Crippen molar-refractivity contribution >= 4 is 5.96 Å². The zero-order chi connectivity index (χ0) is 10.9. The Labute approximate surface area is 91.7 Å². The van der Waals surface area contributed by atoms with E-state index in [1.54, 1.807) is 0 Å². The summed E-state index contributed by atoms with van der Waals surface area (Å²) in [5.41, 5.74) is 3.00. The monoisotopic (exact) mass is 210 g/mol. The molecule has 0 spiro atoms. The highest BCUT2D eigenvalue weighted by atomic mass is 15.3. The van der Waals surface area contributed by atoms with Gasteiger partial charge in [-0.2, -0.15) is 0 Å². The molecule has 0 heterocycles. The maximum atomic E-state index is 5.47. The molecule has 4 N–H and O–H groups in total. The molecule has 2 fully saturated rings. The second-order valence-corrected chi connectivity index (χ2v) is 5.44. The quantitative estimate of drug-likeness (QED) is 0.277. The van der Waals surface area contributed by atoms with Crippen molar-refractivity contribution in [1.29, 1.82) is 0 Å². The fourth-order valence-electron chi connectivity index (χ4n) is 2.24. The molecule has 0 saturated heterocycles. The largest absolute Gasteiger partial charge is 0.353 e. The Morgan fingerprint density at radius 2 is 2.07 bits per heavy atom. The second-order valence-electron chi connectivity index (χ2n) is 5.44. The van der Waals surface area contributed by atoms with E-state index in [0.29, 0.717) is 17.5 Å². The Hall–Kier alpha value is -0.770. The van der Waals surface area contributed by atoms with E-state index in [1.165, 1.54) is 32.1 Å². The van der Waals surface area contributed by atoms with Crippen molar-refractivity contribution in [2.24, 2.45) is 16.3 Å². The third kappa shape index (κ3) is 2.62. The lowest BCUT2D eigenvalue weighted by molar-refractivity contribution is 0.333. The molecule has 1 atom stereocenters. The SMILES string of the molecule is CC1(C)CCCC1N=C(NN)NC1CC1. The third-order valence-corrected chi connectivity index (χ3v) is 3.54. The van der Waals surface area contributed by atoms with Gasteiger partial charge in [0.2, 0.25) is 5.96 Å². The molecule has 1 unspecified atom stereocenters. The standard InChI is InChI=1S/C11H22N4/c1-11(2)7-3-4-9(11)14-10(15-12)13-8-5-6-8/h8-9H,3-7,12H2,1-2H3,(H2,13,14,15). The first-order valence-electron chi connectivity index (χ1n) is 5.93. The first kappa shape index (κ1) is 10.7. The Kier molecular flexibility index (Phi) is 2.87. The highest BCUT2D eigenvalue weighted by molar-refractivity contribution is 5.80. The number of guanidine groups is 1. The van der Waals surface area contributed by atoms with Crippen LogP contribution in [0.4, 0.5) is 0 Å². The molecular weight excluding hydrogens is 188 g/mol. The molecule has 0 bridgehead atoms. The average molecular weight is 210 g/mol. The minimum absolute atomic E-state index is 0.327. The van der Waals surface area contributed by atoms with Crippen LogP contribution in [0.2, 0.25) is 0 Å². The number of nitrogens with two attached hydrogens (primary N) is 1. The second kappa shape index (κ2) is 4.00. The maximum absolute atomic E-state index is 5.47. The molecule has 4 heteroatoms. The Bertz CT molecular complexity index is 255. The van der Waals surface area contributed by atoms with Gasteiger partial charge >= 0.3 is 0 Å². The summed E-state index contributed by atoms with van der Waals surface area (Å²) in [6.07, 6.45) is 6.22. The molecule has 2 saturated carbocycles. The lowest BCUT2D eigenvalue weighted by Crippen LogP contribution is -2.44. The smallest absolute Gasteiger partial charge is 0.206 e. The van der Waals surface area contributed by atoms with E-state index in [1.807, 2.05) is 0 Å². The van der Waals surface area contributed by atoms with Gasteiger partial charge in [-0.25, -0.2) is 10.8 Å². The number of hydrogen-bond acceptors (Lipinski definition) is 2. The Morgan fingerprint density at radius 1 is 1.33 bits per heavy atom. The molecule has 4 nitrogen and oxygen atoms in total. The summed E-state index contributed by atoms with van der Waals surface area (Å²) < 4.78 is 0. The minimum atomic E-state index is 0.327. The van der Waals surface area contributed by atoms with Crippen molar-refractivity contribution < 1.29 is 0 Å². The normalized spacial score (nSPS) is 30.3. The average Bonchev–Trinajstić information content (AvgIpc) is 2.92. The summed E-state index contributed by atoms with van der Waals surface area (Å²) in [6, 6.07) is 1.01. The van der Waals surface area contributed by atoms with Crippen LogP contribution >= 0.6 is 0 Å². The summed E-state index contributed by atoms with van der Waals surface area (Å²) in [4.78, 5) is 4.70. The lowest BCUT2D eigenvalue weighted by atomic mass is 9.88. The van der Waals surface area contributed by atoms with Gasteiger partial charge in [0, 0.05) is 6.04 Å². The van der Waals surface area contributed by atoms with E-state index >= 15 is 0 Å². The van der Waals surface area contributed by atoms with E-state index < -0.39 is 0 Å². The van der Waals surface area contributed by atoms with Crippen LogP contribution in [0.5, 0.6) is 0 Å². The van der Waals surface area contributed by atoms with Crippen LogP contribution in [0, 0.1) is 5.41 Å². The van der Waals surface area contributed by atoms with E-state index in [4.69, 9.17) is 10.8 Å². The Balaban J connectivity index is 1.98. The van der Waals surface area contributed by atoms with Crippen molar-refractivity contribution in [2.75, 3.05) is 0 Å². The van der Waals surface area contributed by atoms with Crippen molar-refractivity contribution in [2.45, 2.75) is 58.0 Å². The van der Waals surface area contributed by atoms with Gasteiger partial charge in [-0.15, -0.1) is 0 Å². The molecule has 2 aliphatic rings. The summed E-state index contributed by atoms with van der Waals surface area (Å²) in [5, 5.41) is 3.32. The van der Waals surface area contributed by atoms with E-state index in [9.17, 15) is 0 Å². The minimum Gasteiger partial charge on any atom is -0.353 e. The summed E-state index contributed by atoms with van der Waals surface area (Å²) in [5.74, 6) is 6.25. The van der Waals surface area contributed by atoms with Crippen LogP contribution in [-0.2, 0) is 0 Å².